The van der Waals surface area contributed by atoms with Gasteiger partial charge in [-0.3, -0.25) is 4.79 Å². The number of amides is 1. The van der Waals surface area contributed by atoms with Gasteiger partial charge in [0.2, 0.25) is 5.91 Å². The summed E-state index contributed by atoms with van der Waals surface area (Å²) in [7, 11) is 0. The van der Waals surface area contributed by atoms with Gasteiger partial charge in [0.1, 0.15) is 0 Å². The molecule has 4 nitrogen and oxygen atoms in total. The Morgan fingerprint density at radius 3 is 2.21 bits per heavy atom. The molecule has 1 heterocycles. The van der Waals surface area contributed by atoms with Crippen LogP contribution in [0.25, 0.3) is 5.69 Å². The molecule has 0 atom stereocenters. The molecule has 0 aliphatic rings. The molecule has 2 aromatic carbocycles. The van der Waals surface area contributed by atoms with Crippen molar-refractivity contribution in [1.82, 2.24) is 15.1 Å². The van der Waals surface area contributed by atoms with E-state index in [1.54, 1.807) is 0 Å². The van der Waals surface area contributed by atoms with Gasteiger partial charge in [-0.25, -0.2) is 4.68 Å². The van der Waals surface area contributed by atoms with Gasteiger partial charge in [-0.05, 0) is 69.4 Å². The Labute approximate surface area is 167 Å². The van der Waals surface area contributed by atoms with Gasteiger partial charge in [0.25, 0.3) is 0 Å². The van der Waals surface area contributed by atoms with Crippen LogP contribution in [-0.2, 0) is 17.6 Å². The van der Waals surface area contributed by atoms with E-state index in [1.165, 1.54) is 16.7 Å². The van der Waals surface area contributed by atoms with Crippen LogP contribution in [0.5, 0.6) is 0 Å². The Kier molecular flexibility index (Phi) is 6.64. The molecule has 0 fully saturated rings. The van der Waals surface area contributed by atoms with Gasteiger partial charge in [-0.1, -0.05) is 42.0 Å². The summed E-state index contributed by atoms with van der Waals surface area (Å²) in [6.45, 7) is 6.82. The number of carbonyl (C=O) groups is 1. The third-order valence-corrected chi connectivity index (χ3v) is 4.92. The average Bonchev–Trinajstić information content (AvgIpc) is 3.02. The molecule has 0 spiro atoms. The van der Waals surface area contributed by atoms with Crippen molar-refractivity contribution in [3.05, 3.63) is 82.7 Å². The van der Waals surface area contributed by atoms with E-state index in [-0.39, 0.29) is 5.91 Å². The van der Waals surface area contributed by atoms with Crippen molar-refractivity contribution in [3.63, 3.8) is 0 Å². The van der Waals surface area contributed by atoms with E-state index in [0.29, 0.717) is 13.0 Å². The molecule has 0 radical (unpaired) electrons. The topological polar surface area (TPSA) is 46.9 Å². The van der Waals surface area contributed by atoms with Gasteiger partial charge in [-0.15, -0.1) is 0 Å². The summed E-state index contributed by atoms with van der Waals surface area (Å²) in [5.74, 6) is 0.131. The summed E-state index contributed by atoms with van der Waals surface area (Å²) in [6, 6.07) is 19.0. The van der Waals surface area contributed by atoms with Gasteiger partial charge < -0.3 is 5.32 Å². The molecule has 0 saturated carbocycles. The van der Waals surface area contributed by atoms with Crippen molar-refractivity contribution >= 4 is 5.91 Å². The minimum Gasteiger partial charge on any atom is -0.356 e. The number of hydrogen-bond acceptors (Lipinski definition) is 2. The first-order valence-electron chi connectivity index (χ1n) is 9.96. The fraction of sp³-hybridized carbons (Fsp3) is 0.333. The lowest BCUT2D eigenvalue weighted by molar-refractivity contribution is -0.121. The summed E-state index contributed by atoms with van der Waals surface area (Å²) < 4.78 is 1.95. The zero-order chi connectivity index (χ0) is 19.9. The normalized spacial score (nSPS) is 10.8. The molecule has 0 saturated heterocycles. The minimum atomic E-state index is 0.131. The third-order valence-electron chi connectivity index (χ3n) is 4.92. The molecule has 1 N–H and O–H groups in total. The predicted octanol–water partition coefficient (Wildman–Crippen LogP) is 4.48. The van der Waals surface area contributed by atoms with Crippen molar-refractivity contribution in [3.8, 4) is 5.69 Å². The first kappa shape index (κ1) is 19.9. The van der Waals surface area contributed by atoms with E-state index < -0.39 is 0 Å². The van der Waals surface area contributed by atoms with Crippen molar-refractivity contribution in [2.24, 2.45) is 0 Å². The van der Waals surface area contributed by atoms with Crippen LogP contribution in [0.15, 0.2) is 54.6 Å². The molecule has 0 unspecified atom stereocenters. The minimum absolute atomic E-state index is 0.131. The molecule has 3 aromatic rings. The van der Waals surface area contributed by atoms with E-state index in [4.69, 9.17) is 0 Å². The molecule has 28 heavy (non-hydrogen) atoms. The second-order valence-electron chi connectivity index (χ2n) is 7.44. The molecule has 1 aromatic heterocycles. The van der Waals surface area contributed by atoms with Gasteiger partial charge in [0.05, 0.1) is 11.4 Å². The maximum atomic E-state index is 12.0. The molecule has 0 aliphatic carbocycles. The monoisotopic (exact) mass is 375 g/mol. The largest absolute Gasteiger partial charge is 0.356 e. The van der Waals surface area contributed by atoms with Crippen LogP contribution in [0, 0.1) is 20.8 Å². The van der Waals surface area contributed by atoms with Gasteiger partial charge in [0.15, 0.2) is 0 Å². The van der Waals surface area contributed by atoms with E-state index in [1.807, 2.05) is 11.6 Å². The highest BCUT2D eigenvalue weighted by Gasteiger charge is 2.05. The van der Waals surface area contributed by atoms with E-state index in [9.17, 15) is 4.79 Å². The second-order valence-corrected chi connectivity index (χ2v) is 7.44. The summed E-state index contributed by atoms with van der Waals surface area (Å²) in [5.41, 5.74) is 6.99. The lowest BCUT2D eigenvalue weighted by atomic mass is 10.1. The molecule has 0 aliphatic heterocycles. The Morgan fingerprint density at radius 1 is 0.929 bits per heavy atom. The number of aromatic nitrogens is 2. The lowest BCUT2D eigenvalue weighted by Gasteiger charge is -2.08. The van der Waals surface area contributed by atoms with E-state index in [0.717, 1.165) is 36.3 Å². The van der Waals surface area contributed by atoms with E-state index in [2.05, 4.69) is 78.9 Å². The molecule has 1 amide bonds. The fourth-order valence-corrected chi connectivity index (χ4v) is 3.34. The SMILES string of the molecule is Cc1ccc(CCCC(=O)NCCc2ccc(-n3nc(C)cc3C)cc2)cc1. The zero-order valence-corrected chi connectivity index (χ0v) is 17.0. The molecule has 0 bridgehead atoms. The summed E-state index contributed by atoms with van der Waals surface area (Å²) >= 11 is 0. The van der Waals surface area contributed by atoms with Gasteiger partial charge in [0, 0.05) is 18.7 Å². The summed E-state index contributed by atoms with van der Waals surface area (Å²) in [6.07, 6.45) is 3.24. The van der Waals surface area contributed by atoms with Crippen molar-refractivity contribution in [2.75, 3.05) is 6.54 Å². The van der Waals surface area contributed by atoms with Gasteiger partial charge in [-0.2, -0.15) is 5.10 Å². The maximum Gasteiger partial charge on any atom is 0.220 e. The molecule has 146 valence electrons. The smallest absolute Gasteiger partial charge is 0.220 e. The van der Waals surface area contributed by atoms with Crippen molar-refractivity contribution < 1.29 is 4.79 Å². The van der Waals surface area contributed by atoms with Crippen molar-refractivity contribution in [1.29, 1.82) is 0 Å². The summed E-state index contributed by atoms with van der Waals surface area (Å²) in [5, 5.41) is 7.54. The maximum absolute atomic E-state index is 12.0. The second kappa shape index (κ2) is 9.36. The quantitative estimate of drug-likeness (QED) is 0.631. The van der Waals surface area contributed by atoms with Crippen molar-refractivity contribution in [2.45, 2.75) is 46.5 Å². The average molecular weight is 376 g/mol. The first-order valence-corrected chi connectivity index (χ1v) is 9.96. The third kappa shape index (κ3) is 5.56. The number of nitrogens with zero attached hydrogens (tertiary/aromatic N) is 2. The van der Waals surface area contributed by atoms with Crippen LogP contribution in [0.2, 0.25) is 0 Å². The number of nitrogens with one attached hydrogen (secondary N) is 1. The van der Waals surface area contributed by atoms with E-state index >= 15 is 0 Å². The Morgan fingerprint density at radius 2 is 1.57 bits per heavy atom. The highest BCUT2D eigenvalue weighted by Crippen LogP contribution is 2.13. The van der Waals surface area contributed by atoms with Crippen LogP contribution in [0.4, 0.5) is 0 Å². The number of carbonyl (C=O) groups excluding carboxylic acids is 1. The fourth-order valence-electron chi connectivity index (χ4n) is 3.34. The molecule has 3 rings (SSSR count). The zero-order valence-electron chi connectivity index (χ0n) is 17.0. The Bertz CT molecular complexity index is 908. The highest BCUT2D eigenvalue weighted by atomic mass is 16.1. The summed E-state index contributed by atoms with van der Waals surface area (Å²) in [4.78, 5) is 12.0. The number of benzene rings is 2. The molecular formula is C24H29N3O. The molecule has 4 heteroatoms. The number of aryl methyl sites for hydroxylation is 4. The highest BCUT2D eigenvalue weighted by molar-refractivity contribution is 5.75. The lowest BCUT2D eigenvalue weighted by Crippen LogP contribution is -2.25. The Balaban J connectivity index is 1.39. The van der Waals surface area contributed by atoms with Crippen LogP contribution in [0.3, 0.4) is 0 Å². The van der Waals surface area contributed by atoms with Crippen LogP contribution >= 0.6 is 0 Å². The molecular weight excluding hydrogens is 346 g/mol. The van der Waals surface area contributed by atoms with Gasteiger partial charge >= 0.3 is 0 Å². The first-order chi connectivity index (χ1) is 13.5. The number of hydrogen-bond donors (Lipinski definition) is 1. The van der Waals surface area contributed by atoms with Crippen LogP contribution in [-0.4, -0.2) is 22.2 Å². The van der Waals surface area contributed by atoms with Crippen LogP contribution < -0.4 is 5.32 Å². The standard InChI is InChI=1S/C24H29N3O/c1-18-7-9-21(10-8-18)5-4-6-24(28)25-16-15-22-11-13-23(14-12-22)27-20(3)17-19(2)26-27/h7-14,17H,4-6,15-16H2,1-3H3,(H,25,28). The Hall–Kier alpha value is -2.88. The van der Waals surface area contributed by atoms with Crippen LogP contribution in [0.1, 0.15) is 40.9 Å². The predicted molar refractivity (Wildman–Crippen MR) is 114 cm³/mol. The number of rotatable bonds is 8.